The molecule has 2 aromatic rings. The molecule has 2 nitrogen and oxygen atoms in total. The van der Waals surface area contributed by atoms with E-state index in [0.717, 1.165) is 45.8 Å². The Morgan fingerprint density at radius 1 is 1.29 bits per heavy atom. The number of fused-ring (bicyclic) bond motifs is 1. The second-order valence-corrected chi connectivity index (χ2v) is 4.59. The normalized spacial score (nSPS) is 10.8. The van der Waals surface area contributed by atoms with E-state index in [0.29, 0.717) is 0 Å². The Morgan fingerprint density at radius 3 is 2.71 bits per heavy atom. The van der Waals surface area contributed by atoms with Crippen LogP contribution in [0.25, 0.3) is 10.9 Å². The van der Waals surface area contributed by atoms with E-state index in [1.54, 1.807) is 7.11 Å². The van der Waals surface area contributed by atoms with E-state index in [1.807, 2.05) is 25.1 Å². The summed E-state index contributed by atoms with van der Waals surface area (Å²) in [6.45, 7) is 4.17. The molecule has 0 fully saturated rings. The number of ether oxygens (including phenoxy) is 1. The average Bonchev–Trinajstić information content (AvgIpc) is 2.30. The molecule has 1 heterocycles. The molecular weight excluding hydrogens is 234 g/mol. The third kappa shape index (κ3) is 2.37. The number of hydrogen-bond acceptors (Lipinski definition) is 2. The summed E-state index contributed by atoms with van der Waals surface area (Å²) in [6, 6.07) is 5.88. The number of benzene rings is 1. The third-order valence-electron chi connectivity index (χ3n) is 2.82. The first-order chi connectivity index (χ1) is 8.15. The topological polar surface area (TPSA) is 22.1 Å². The van der Waals surface area contributed by atoms with E-state index in [4.69, 9.17) is 16.3 Å². The summed E-state index contributed by atoms with van der Waals surface area (Å²) in [4.78, 5) is 4.66. The van der Waals surface area contributed by atoms with Crippen LogP contribution in [-0.2, 0) is 6.42 Å². The number of pyridine rings is 1. The van der Waals surface area contributed by atoms with Crippen LogP contribution in [0, 0.1) is 6.92 Å². The van der Waals surface area contributed by atoms with Crippen molar-refractivity contribution in [1.82, 2.24) is 4.98 Å². The molecular formula is C14H16ClNO. The molecule has 0 spiro atoms. The zero-order valence-corrected chi connectivity index (χ0v) is 11.1. The first-order valence-electron chi connectivity index (χ1n) is 5.79. The number of methoxy groups -OCH3 is 1. The van der Waals surface area contributed by atoms with Crippen molar-refractivity contribution in [3.63, 3.8) is 0 Å². The standard InChI is InChI=1S/C14H16ClNO/c1-4-5-10-7-13(15)12-8-11(17-3)6-9(2)14(12)16-10/h6-8H,4-5H2,1-3H3. The molecule has 0 amide bonds. The van der Waals surface area contributed by atoms with Gasteiger partial charge in [-0.25, -0.2) is 0 Å². The van der Waals surface area contributed by atoms with E-state index in [1.165, 1.54) is 0 Å². The van der Waals surface area contributed by atoms with Crippen LogP contribution in [0.5, 0.6) is 5.75 Å². The Balaban J connectivity index is 2.67. The Labute approximate surface area is 107 Å². The minimum atomic E-state index is 0.750. The Kier molecular flexibility index (Phi) is 3.53. The van der Waals surface area contributed by atoms with Gasteiger partial charge in [0, 0.05) is 11.1 Å². The average molecular weight is 250 g/mol. The second-order valence-electron chi connectivity index (χ2n) is 4.19. The first-order valence-corrected chi connectivity index (χ1v) is 6.17. The van der Waals surface area contributed by atoms with Gasteiger partial charge in [0.2, 0.25) is 0 Å². The highest BCUT2D eigenvalue weighted by atomic mass is 35.5. The van der Waals surface area contributed by atoms with E-state index in [-0.39, 0.29) is 0 Å². The van der Waals surface area contributed by atoms with E-state index in [9.17, 15) is 0 Å². The predicted molar refractivity (Wildman–Crippen MR) is 72.0 cm³/mol. The minimum Gasteiger partial charge on any atom is -0.497 e. The molecule has 0 atom stereocenters. The number of halogens is 1. The molecule has 90 valence electrons. The van der Waals surface area contributed by atoms with Crippen molar-refractivity contribution < 1.29 is 4.74 Å². The summed E-state index contributed by atoms with van der Waals surface area (Å²) < 4.78 is 5.25. The van der Waals surface area contributed by atoms with Crippen LogP contribution in [0.1, 0.15) is 24.6 Å². The zero-order chi connectivity index (χ0) is 12.4. The second kappa shape index (κ2) is 4.92. The van der Waals surface area contributed by atoms with E-state index < -0.39 is 0 Å². The van der Waals surface area contributed by atoms with Crippen LogP contribution in [0.3, 0.4) is 0 Å². The number of nitrogens with zero attached hydrogens (tertiary/aromatic N) is 1. The van der Waals surface area contributed by atoms with Crippen molar-refractivity contribution in [2.75, 3.05) is 7.11 Å². The summed E-state index contributed by atoms with van der Waals surface area (Å²) in [5, 5.41) is 1.71. The monoisotopic (exact) mass is 249 g/mol. The Morgan fingerprint density at radius 2 is 2.06 bits per heavy atom. The lowest BCUT2D eigenvalue weighted by atomic mass is 10.1. The van der Waals surface area contributed by atoms with Gasteiger partial charge in [0.1, 0.15) is 5.75 Å². The lowest BCUT2D eigenvalue weighted by Gasteiger charge is -2.09. The maximum Gasteiger partial charge on any atom is 0.119 e. The van der Waals surface area contributed by atoms with E-state index in [2.05, 4.69) is 11.9 Å². The zero-order valence-electron chi connectivity index (χ0n) is 10.4. The van der Waals surface area contributed by atoms with Gasteiger partial charge < -0.3 is 4.74 Å². The molecule has 1 aromatic heterocycles. The van der Waals surface area contributed by atoms with Crippen molar-refractivity contribution in [2.24, 2.45) is 0 Å². The van der Waals surface area contributed by atoms with Gasteiger partial charge >= 0.3 is 0 Å². The van der Waals surface area contributed by atoms with Crippen molar-refractivity contribution in [2.45, 2.75) is 26.7 Å². The van der Waals surface area contributed by atoms with Crippen LogP contribution in [-0.4, -0.2) is 12.1 Å². The number of rotatable bonds is 3. The van der Waals surface area contributed by atoms with Gasteiger partial charge in [-0.1, -0.05) is 24.9 Å². The van der Waals surface area contributed by atoms with Crippen molar-refractivity contribution in [3.05, 3.63) is 34.5 Å². The maximum atomic E-state index is 6.30. The van der Waals surface area contributed by atoms with Gasteiger partial charge in [-0.15, -0.1) is 0 Å². The molecule has 0 bridgehead atoms. The quantitative estimate of drug-likeness (QED) is 0.815. The number of aromatic nitrogens is 1. The van der Waals surface area contributed by atoms with Crippen molar-refractivity contribution in [1.29, 1.82) is 0 Å². The minimum absolute atomic E-state index is 0.750. The summed E-state index contributed by atoms with van der Waals surface area (Å²) in [5.74, 6) is 0.821. The molecule has 1 aromatic carbocycles. The molecule has 17 heavy (non-hydrogen) atoms. The molecule has 0 unspecified atom stereocenters. The molecule has 0 saturated carbocycles. The molecule has 0 N–H and O–H groups in total. The van der Waals surface area contributed by atoms with Gasteiger partial charge in [-0.3, -0.25) is 4.98 Å². The molecule has 2 rings (SSSR count). The maximum absolute atomic E-state index is 6.30. The largest absolute Gasteiger partial charge is 0.497 e. The first kappa shape index (κ1) is 12.2. The summed E-state index contributed by atoms with van der Waals surface area (Å²) in [7, 11) is 1.66. The van der Waals surface area contributed by atoms with Crippen LogP contribution >= 0.6 is 11.6 Å². The smallest absolute Gasteiger partial charge is 0.119 e. The summed E-state index contributed by atoms with van der Waals surface area (Å²) in [6.07, 6.45) is 2.03. The van der Waals surface area contributed by atoms with Crippen LogP contribution in [0.15, 0.2) is 18.2 Å². The SMILES string of the molecule is CCCc1cc(Cl)c2cc(OC)cc(C)c2n1. The number of aryl methyl sites for hydroxylation is 2. The Bertz CT molecular complexity index is 551. The molecule has 0 aliphatic heterocycles. The molecule has 0 aliphatic rings. The highest BCUT2D eigenvalue weighted by Crippen LogP contribution is 2.30. The fourth-order valence-electron chi connectivity index (χ4n) is 1.98. The van der Waals surface area contributed by atoms with Crippen LogP contribution in [0.2, 0.25) is 5.02 Å². The highest BCUT2D eigenvalue weighted by Gasteiger charge is 2.08. The fraction of sp³-hybridized carbons (Fsp3) is 0.357. The van der Waals surface area contributed by atoms with E-state index >= 15 is 0 Å². The van der Waals surface area contributed by atoms with Crippen LogP contribution in [0.4, 0.5) is 0 Å². The van der Waals surface area contributed by atoms with Gasteiger partial charge in [-0.2, -0.15) is 0 Å². The van der Waals surface area contributed by atoms with Crippen molar-refractivity contribution >= 4 is 22.5 Å². The van der Waals surface area contributed by atoms with Crippen LogP contribution < -0.4 is 4.74 Å². The molecule has 0 radical (unpaired) electrons. The van der Waals surface area contributed by atoms with Gasteiger partial charge in [0.25, 0.3) is 0 Å². The van der Waals surface area contributed by atoms with Gasteiger partial charge in [0.05, 0.1) is 17.6 Å². The van der Waals surface area contributed by atoms with Gasteiger partial charge in [0.15, 0.2) is 0 Å². The lowest BCUT2D eigenvalue weighted by molar-refractivity contribution is 0.415. The predicted octanol–water partition coefficient (Wildman–Crippen LogP) is 4.16. The molecule has 3 heteroatoms. The van der Waals surface area contributed by atoms with Crippen molar-refractivity contribution in [3.8, 4) is 5.75 Å². The molecule has 0 aliphatic carbocycles. The fourth-order valence-corrected chi connectivity index (χ4v) is 2.25. The lowest BCUT2D eigenvalue weighted by Crippen LogP contribution is -1.94. The summed E-state index contributed by atoms with van der Waals surface area (Å²) in [5.41, 5.74) is 3.12. The Hall–Kier alpha value is -1.28. The number of hydrogen-bond donors (Lipinski definition) is 0. The third-order valence-corrected chi connectivity index (χ3v) is 3.13. The highest BCUT2D eigenvalue weighted by molar-refractivity contribution is 6.35. The summed E-state index contributed by atoms with van der Waals surface area (Å²) >= 11 is 6.30. The van der Waals surface area contributed by atoms with Gasteiger partial charge in [-0.05, 0) is 37.1 Å². The molecule has 0 saturated heterocycles.